The maximum Gasteiger partial charge on any atom is 0.268 e. The monoisotopic (exact) mass is 375 g/mol. The predicted molar refractivity (Wildman–Crippen MR) is 107 cm³/mol. The molecule has 1 aromatic heterocycles. The Hall–Kier alpha value is -1.89. The molecule has 2 fully saturated rings. The highest BCUT2D eigenvalue weighted by atomic mass is 16.2. The van der Waals surface area contributed by atoms with Gasteiger partial charge in [0.1, 0.15) is 0 Å². The molecule has 1 amide bonds. The van der Waals surface area contributed by atoms with Gasteiger partial charge in [0.25, 0.3) is 5.56 Å². The minimum atomic E-state index is -0.121. The summed E-state index contributed by atoms with van der Waals surface area (Å²) in [5.74, 6) is 0.108. The summed E-state index contributed by atoms with van der Waals surface area (Å²) in [7, 11) is 3.82. The van der Waals surface area contributed by atoms with Gasteiger partial charge < -0.3 is 15.1 Å². The topological polar surface area (TPSA) is 70.5 Å². The molecule has 1 atom stereocenters. The summed E-state index contributed by atoms with van der Waals surface area (Å²) in [5.41, 5.74) is 0.692. The molecule has 1 saturated carbocycles. The Morgan fingerprint density at radius 3 is 2.78 bits per heavy atom. The summed E-state index contributed by atoms with van der Waals surface area (Å²) < 4.78 is 1.32. The number of aromatic nitrogens is 2. The number of aryl methyl sites for hydroxylation is 1. The number of hydrogen-bond donors (Lipinski definition) is 1. The number of nitrogens with zero attached hydrogens (tertiary/aromatic N) is 4. The van der Waals surface area contributed by atoms with E-state index >= 15 is 0 Å². The number of carbonyl (C=O) groups excluding carboxylic acids is 1. The molecule has 1 aromatic rings. The van der Waals surface area contributed by atoms with E-state index < -0.39 is 0 Å². The summed E-state index contributed by atoms with van der Waals surface area (Å²) in [6, 6.07) is 2.28. The van der Waals surface area contributed by atoms with E-state index in [1.165, 1.54) is 36.8 Å². The van der Waals surface area contributed by atoms with Crippen molar-refractivity contribution in [1.29, 1.82) is 0 Å². The third kappa shape index (κ3) is 5.31. The molecule has 2 aliphatic rings. The van der Waals surface area contributed by atoms with E-state index in [2.05, 4.69) is 27.3 Å². The molecule has 0 spiro atoms. The Labute approximate surface area is 161 Å². The van der Waals surface area contributed by atoms with E-state index in [1.807, 2.05) is 0 Å². The third-order valence-corrected chi connectivity index (χ3v) is 6.07. The lowest BCUT2D eigenvalue weighted by molar-refractivity contribution is -0.125. The van der Waals surface area contributed by atoms with Crippen molar-refractivity contribution in [2.75, 3.05) is 38.1 Å². The fraction of sp³-hybridized carbons (Fsp3) is 0.750. The zero-order chi connectivity index (χ0) is 19.2. The Morgan fingerprint density at radius 2 is 2.04 bits per heavy atom. The minimum Gasteiger partial charge on any atom is -0.369 e. The number of carbonyl (C=O) groups is 1. The quantitative estimate of drug-likeness (QED) is 0.813. The lowest BCUT2D eigenvalue weighted by Gasteiger charge is -2.34. The van der Waals surface area contributed by atoms with Crippen molar-refractivity contribution < 1.29 is 4.79 Å². The molecule has 0 unspecified atom stereocenters. The lowest BCUT2D eigenvalue weighted by Crippen LogP contribution is -2.45. The second-order valence-electron chi connectivity index (χ2n) is 8.02. The van der Waals surface area contributed by atoms with Gasteiger partial charge in [-0.05, 0) is 32.7 Å². The number of rotatable bonds is 6. The van der Waals surface area contributed by atoms with Crippen LogP contribution >= 0.6 is 0 Å². The third-order valence-electron chi connectivity index (χ3n) is 6.07. The van der Waals surface area contributed by atoms with Crippen LogP contribution in [0.1, 0.15) is 44.9 Å². The first-order chi connectivity index (χ1) is 13.0. The van der Waals surface area contributed by atoms with Crippen molar-refractivity contribution >= 4 is 11.6 Å². The zero-order valence-electron chi connectivity index (χ0n) is 16.7. The van der Waals surface area contributed by atoms with Crippen molar-refractivity contribution in [3.63, 3.8) is 0 Å². The molecule has 2 heterocycles. The minimum absolute atomic E-state index is 0.0252. The molecule has 0 aromatic carbocycles. The number of amides is 1. The van der Waals surface area contributed by atoms with Gasteiger partial charge in [-0.2, -0.15) is 5.10 Å². The largest absolute Gasteiger partial charge is 0.369 e. The number of hydrogen-bond acceptors (Lipinski definition) is 5. The number of nitrogens with one attached hydrogen (secondary N) is 1. The molecular weight excluding hydrogens is 342 g/mol. The molecule has 1 saturated heterocycles. The van der Waals surface area contributed by atoms with Crippen LogP contribution in [-0.4, -0.2) is 59.9 Å². The summed E-state index contributed by atoms with van der Waals surface area (Å²) in [5, 5.41) is 7.22. The van der Waals surface area contributed by atoms with Crippen LogP contribution in [0.25, 0.3) is 0 Å². The molecule has 0 radical (unpaired) electrons. The molecule has 0 bridgehead atoms. The average molecular weight is 376 g/mol. The fourth-order valence-electron chi connectivity index (χ4n) is 4.26. The van der Waals surface area contributed by atoms with Gasteiger partial charge in [0.2, 0.25) is 5.91 Å². The van der Waals surface area contributed by atoms with Crippen LogP contribution in [0.15, 0.2) is 17.1 Å². The van der Waals surface area contributed by atoms with Crippen molar-refractivity contribution in [3.05, 3.63) is 22.6 Å². The normalized spacial score (nSPS) is 21.4. The van der Waals surface area contributed by atoms with Crippen LogP contribution < -0.4 is 15.8 Å². The number of piperidine rings is 1. The maximum atomic E-state index is 12.6. The first-order valence-corrected chi connectivity index (χ1v) is 10.3. The summed E-state index contributed by atoms with van der Waals surface area (Å²) in [6.07, 6.45) is 10.2. The maximum absolute atomic E-state index is 12.6. The molecule has 1 N–H and O–H groups in total. The van der Waals surface area contributed by atoms with Crippen LogP contribution in [0.4, 0.5) is 5.69 Å². The van der Waals surface area contributed by atoms with E-state index in [9.17, 15) is 9.59 Å². The van der Waals surface area contributed by atoms with E-state index in [4.69, 9.17) is 0 Å². The Bertz CT molecular complexity index is 683. The summed E-state index contributed by atoms with van der Waals surface area (Å²) >= 11 is 0. The molecular formula is C20H33N5O2. The number of likely N-dealkylation sites (N-methyl/N-ethyl adjacent to an activating group) is 1. The van der Waals surface area contributed by atoms with Crippen LogP contribution in [-0.2, 0) is 11.8 Å². The molecule has 3 rings (SSSR count). The second kappa shape index (κ2) is 9.35. The number of anilines is 1. The molecule has 1 aliphatic heterocycles. The predicted octanol–water partition coefficient (Wildman–Crippen LogP) is 1.38. The van der Waals surface area contributed by atoms with Gasteiger partial charge in [-0.15, -0.1) is 0 Å². The molecule has 150 valence electrons. The van der Waals surface area contributed by atoms with E-state index in [1.54, 1.807) is 19.3 Å². The highest BCUT2D eigenvalue weighted by Gasteiger charge is 2.26. The van der Waals surface area contributed by atoms with Crippen LogP contribution in [0.3, 0.4) is 0 Å². The Balaban J connectivity index is 1.46. The Kier molecular flexibility index (Phi) is 6.88. The van der Waals surface area contributed by atoms with E-state index in [0.29, 0.717) is 19.1 Å². The van der Waals surface area contributed by atoms with Gasteiger partial charge >= 0.3 is 0 Å². The Morgan fingerprint density at radius 1 is 1.26 bits per heavy atom. The lowest BCUT2D eigenvalue weighted by atomic mass is 9.94. The molecule has 27 heavy (non-hydrogen) atoms. The van der Waals surface area contributed by atoms with Gasteiger partial charge in [-0.3, -0.25) is 9.59 Å². The SMILES string of the molecule is CN(CCNC(=O)[C@H]1CCCN(c2cnn(C)c(=O)c2)C1)C1CCCCC1. The van der Waals surface area contributed by atoms with Crippen LogP contribution in [0.2, 0.25) is 0 Å². The van der Waals surface area contributed by atoms with Crippen molar-refractivity contribution in [2.45, 2.75) is 51.0 Å². The van der Waals surface area contributed by atoms with E-state index in [-0.39, 0.29) is 17.4 Å². The molecule has 7 nitrogen and oxygen atoms in total. The van der Waals surface area contributed by atoms with E-state index in [0.717, 1.165) is 31.6 Å². The average Bonchev–Trinajstić information content (AvgIpc) is 2.70. The summed E-state index contributed by atoms with van der Waals surface area (Å²) in [6.45, 7) is 3.13. The highest BCUT2D eigenvalue weighted by Crippen LogP contribution is 2.22. The molecule has 1 aliphatic carbocycles. The highest BCUT2D eigenvalue weighted by molar-refractivity contribution is 5.79. The van der Waals surface area contributed by atoms with Crippen molar-refractivity contribution in [3.8, 4) is 0 Å². The van der Waals surface area contributed by atoms with Gasteiger partial charge in [-0.25, -0.2) is 4.68 Å². The van der Waals surface area contributed by atoms with Crippen molar-refractivity contribution in [1.82, 2.24) is 20.0 Å². The second-order valence-corrected chi connectivity index (χ2v) is 8.02. The van der Waals surface area contributed by atoms with Crippen LogP contribution in [0, 0.1) is 5.92 Å². The standard InChI is InChI=1S/C20H33N5O2/c1-23(17-8-4-3-5-9-17)12-10-21-20(27)16-7-6-11-25(15-16)18-13-19(26)24(2)22-14-18/h13-14,16-17H,3-12,15H2,1-2H3,(H,21,27)/t16-/m0/s1. The fourth-order valence-corrected chi connectivity index (χ4v) is 4.26. The van der Waals surface area contributed by atoms with Gasteiger partial charge in [0.15, 0.2) is 0 Å². The zero-order valence-corrected chi connectivity index (χ0v) is 16.7. The first-order valence-electron chi connectivity index (χ1n) is 10.3. The smallest absolute Gasteiger partial charge is 0.268 e. The first kappa shape index (κ1) is 19.9. The van der Waals surface area contributed by atoms with Crippen LogP contribution in [0.5, 0.6) is 0 Å². The van der Waals surface area contributed by atoms with Gasteiger partial charge in [0, 0.05) is 45.3 Å². The van der Waals surface area contributed by atoms with Gasteiger partial charge in [0.05, 0.1) is 17.8 Å². The van der Waals surface area contributed by atoms with Crippen molar-refractivity contribution in [2.24, 2.45) is 13.0 Å². The van der Waals surface area contributed by atoms with Gasteiger partial charge in [-0.1, -0.05) is 19.3 Å². The summed E-state index contributed by atoms with van der Waals surface area (Å²) in [4.78, 5) is 28.9. The molecule has 7 heteroatoms.